The van der Waals surface area contributed by atoms with Gasteiger partial charge in [-0.25, -0.2) is 0 Å². The Morgan fingerprint density at radius 2 is 1.19 bits per heavy atom. The van der Waals surface area contributed by atoms with E-state index in [1.54, 1.807) is 0 Å². The largest absolute Gasteiger partial charge is 2.00 e. The van der Waals surface area contributed by atoms with Crippen LogP contribution in [0.25, 0.3) is 5.41 Å². The van der Waals surface area contributed by atoms with Crippen molar-refractivity contribution in [3.05, 3.63) is 69.6 Å². The van der Waals surface area contributed by atoms with Crippen LogP contribution in [0, 0.1) is 0 Å². The summed E-state index contributed by atoms with van der Waals surface area (Å²) in [5, 5.41) is 18.9. The summed E-state index contributed by atoms with van der Waals surface area (Å²) in [5.74, 6) is 2.00. The van der Waals surface area contributed by atoms with Crippen LogP contribution >= 0.6 is 0 Å². The van der Waals surface area contributed by atoms with Gasteiger partial charge in [0.1, 0.15) is 0 Å². The van der Waals surface area contributed by atoms with Crippen molar-refractivity contribution in [1.82, 2.24) is 0 Å². The maximum atomic E-state index is 9.98. The Balaban J connectivity index is 0.00000227. The van der Waals surface area contributed by atoms with E-state index in [1.165, 1.54) is 22.3 Å². The van der Waals surface area contributed by atoms with Crippen molar-refractivity contribution in [2.75, 3.05) is 0 Å². The molecule has 0 aromatic heterocycles. The summed E-state index contributed by atoms with van der Waals surface area (Å²) < 4.78 is 0. The SMILES string of the molecule is CC(=O)[O-].CCc1cccc(CC)c1N=C(C)C(=C=[N-])C(C)=Nc1c(C(C)C)cccc1C(C)C.[Zn+2]. The van der Waals surface area contributed by atoms with E-state index in [2.05, 4.69) is 83.8 Å². The van der Waals surface area contributed by atoms with E-state index in [1.807, 2.05) is 13.8 Å². The third-order valence-corrected chi connectivity index (χ3v) is 5.70. The smallest absolute Gasteiger partial charge is 0.763 e. The fourth-order valence-corrected chi connectivity index (χ4v) is 3.87. The molecule has 0 saturated heterocycles. The van der Waals surface area contributed by atoms with Crippen molar-refractivity contribution in [2.45, 2.75) is 87.0 Å². The molecule has 2 aromatic rings. The third kappa shape index (κ3) is 9.41. The van der Waals surface area contributed by atoms with E-state index in [9.17, 15) is 5.41 Å². The summed E-state index contributed by atoms with van der Waals surface area (Å²) in [7, 11) is 0. The molecular weight excluding hydrogens is 500 g/mol. The zero-order valence-electron chi connectivity index (χ0n) is 23.4. The quantitative estimate of drug-likeness (QED) is 0.271. The number of aliphatic carboxylic acids is 1. The number of carbonyl (C=O) groups excluding carboxylic acids is 1. The van der Waals surface area contributed by atoms with E-state index in [4.69, 9.17) is 19.9 Å². The maximum absolute atomic E-state index is 9.98. The van der Waals surface area contributed by atoms with Crippen molar-refractivity contribution < 1.29 is 29.4 Å². The van der Waals surface area contributed by atoms with Gasteiger partial charge in [0.15, 0.2) is 0 Å². The molecule has 0 radical (unpaired) electrons. The average Bonchev–Trinajstić information content (AvgIpc) is 2.79. The van der Waals surface area contributed by atoms with Gasteiger partial charge in [0.2, 0.25) is 0 Å². The maximum Gasteiger partial charge on any atom is 2.00 e. The number of hydrogen-bond acceptors (Lipinski definition) is 4. The predicted molar refractivity (Wildman–Crippen MR) is 148 cm³/mol. The topological polar surface area (TPSA) is 87.1 Å². The number of carbonyl (C=O) groups is 1. The molecule has 0 unspecified atom stereocenters. The van der Waals surface area contributed by atoms with Gasteiger partial charge in [0.05, 0.1) is 22.8 Å². The number of rotatable bonds is 8. The van der Waals surface area contributed by atoms with E-state index >= 15 is 0 Å². The molecule has 0 atom stereocenters. The molecule has 36 heavy (non-hydrogen) atoms. The Morgan fingerprint density at radius 1 is 0.833 bits per heavy atom. The van der Waals surface area contributed by atoms with Crippen LogP contribution in [-0.2, 0) is 37.1 Å². The second-order valence-corrected chi connectivity index (χ2v) is 9.10. The summed E-state index contributed by atoms with van der Waals surface area (Å²) in [6, 6.07) is 12.7. The molecule has 188 valence electrons. The molecular formula is C30H39N3O2Zn. The van der Waals surface area contributed by atoms with E-state index < -0.39 is 5.97 Å². The molecule has 0 N–H and O–H groups in total. The summed E-state index contributed by atoms with van der Waals surface area (Å²) in [5.41, 5.74) is 8.80. The van der Waals surface area contributed by atoms with Gasteiger partial charge >= 0.3 is 19.5 Å². The Labute approximate surface area is 230 Å². The first-order valence-electron chi connectivity index (χ1n) is 12.3. The Kier molecular flexibility index (Phi) is 14.9. The van der Waals surface area contributed by atoms with Crippen LogP contribution in [0.1, 0.15) is 96.4 Å². The van der Waals surface area contributed by atoms with Gasteiger partial charge in [-0.15, -0.1) is 0 Å². The van der Waals surface area contributed by atoms with Gasteiger partial charge in [-0.05, 0) is 67.7 Å². The van der Waals surface area contributed by atoms with Crippen LogP contribution in [0.5, 0.6) is 0 Å². The standard InChI is InChI=1S/C28H36N3.C2H4O2.Zn/c1-9-22-13-11-14-23(10-2)27(22)30-20(7)26(17-29)21(8)31-28-24(18(3)4)15-12-16-25(28)19(5)6;1-2(3)4;/h11-16,18-19H,9-10H2,1-8H3;1H3,(H,3,4);/q-1;;+2/p-1. The summed E-state index contributed by atoms with van der Waals surface area (Å²) >= 11 is 0. The Hall–Kier alpha value is -2.68. The third-order valence-electron chi connectivity index (χ3n) is 5.70. The molecule has 0 spiro atoms. The van der Waals surface area contributed by atoms with Gasteiger partial charge in [0.25, 0.3) is 0 Å². The fraction of sp³-hybridized carbons (Fsp3) is 0.433. The first-order valence-corrected chi connectivity index (χ1v) is 12.3. The monoisotopic (exact) mass is 537 g/mol. The van der Waals surface area contributed by atoms with Gasteiger partial charge in [0, 0.05) is 11.5 Å². The zero-order chi connectivity index (χ0) is 26.7. The first-order chi connectivity index (χ1) is 16.5. The number of hydrogen-bond donors (Lipinski definition) is 0. The second kappa shape index (κ2) is 16.1. The molecule has 0 aliphatic rings. The van der Waals surface area contributed by atoms with Gasteiger partial charge < -0.3 is 15.3 Å². The number of aryl methyl sites for hydroxylation is 2. The van der Waals surface area contributed by atoms with Gasteiger partial charge in [-0.3, -0.25) is 15.9 Å². The molecule has 0 bridgehead atoms. The molecule has 0 aliphatic heterocycles. The van der Waals surface area contributed by atoms with Crippen LogP contribution in [0.15, 0.2) is 52.0 Å². The van der Waals surface area contributed by atoms with Crippen molar-refractivity contribution in [3.63, 3.8) is 0 Å². The molecule has 5 nitrogen and oxygen atoms in total. The summed E-state index contributed by atoms with van der Waals surface area (Å²) in [6.07, 6.45) is 1.82. The number of nitrogens with zero attached hydrogens (tertiary/aromatic N) is 3. The van der Waals surface area contributed by atoms with Crippen molar-refractivity contribution in [3.8, 4) is 0 Å². The van der Waals surface area contributed by atoms with Crippen molar-refractivity contribution in [1.29, 1.82) is 0 Å². The van der Waals surface area contributed by atoms with Crippen molar-refractivity contribution >= 4 is 34.6 Å². The van der Waals surface area contributed by atoms with E-state index in [-0.39, 0.29) is 19.5 Å². The van der Waals surface area contributed by atoms with Gasteiger partial charge in [-0.1, -0.05) is 77.9 Å². The Morgan fingerprint density at radius 3 is 1.53 bits per heavy atom. The zero-order valence-corrected chi connectivity index (χ0v) is 26.4. The van der Waals surface area contributed by atoms with Crippen LogP contribution < -0.4 is 5.11 Å². The number of para-hydroxylation sites is 2. The Bertz CT molecular complexity index is 1090. The van der Waals surface area contributed by atoms with Crippen LogP contribution in [0.2, 0.25) is 0 Å². The molecule has 0 saturated carbocycles. The van der Waals surface area contributed by atoms with Crippen LogP contribution in [0.3, 0.4) is 0 Å². The van der Waals surface area contributed by atoms with E-state index in [0.717, 1.165) is 31.1 Å². The average molecular weight is 539 g/mol. The second-order valence-electron chi connectivity index (χ2n) is 9.10. The number of benzene rings is 2. The van der Waals surface area contributed by atoms with Crippen LogP contribution in [-0.4, -0.2) is 23.3 Å². The molecule has 2 aromatic carbocycles. The fourth-order valence-electron chi connectivity index (χ4n) is 3.87. The molecule has 0 amide bonds. The molecule has 2 rings (SSSR count). The minimum atomic E-state index is -1.08. The van der Waals surface area contributed by atoms with Gasteiger partial charge in [-0.2, -0.15) is 0 Å². The van der Waals surface area contributed by atoms with E-state index in [0.29, 0.717) is 28.8 Å². The molecule has 6 heteroatoms. The van der Waals surface area contributed by atoms with Crippen molar-refractivity contribution in [2.24, 2.45) is 9.98 Å². The molecule has 0 heterocycles. The minimum Gasteiger partial charge on any atom is -0.763 e. The number of carboxylic acids is 1. The minimum absolute atomic E-state index is 0. The normalized spacial score (nSPS) is 11.4. The van der Waals surface area contributed by atoms with Crippen LogP contribution in [0.4, 0.5) is 11.4 Å². The molecule has 0 fully saturated rings. The number of allylic oxidation sites excluding steroid dienone is 1. The predicted octanol–water partition coefficient (Wildman–Crippen LogP) is 6.86. The molecule has 0 aliphatic carbocycles. The summed E-state index contributed by atoms with van der Waals surface area (Å²) in [4.78, 5) is 18.8. The number of carboxylic acid groups (broad SMARTS) is 1. The summed E-state index contributed by atoms with van der Waals surface area (Å²) in [6.45, 7) is 17.8. The first kappa shape index (κ1) is 33.3. The number of aliphatic imine (C=N–C) groups is 2.